The fraction of sp³-hybridized carbons (Fsp3) is 0.875. The molecular formula is C16H32N4O8. The van der Waals surface area contributed by atoms with Crippen LogP contribution in [0, 0.1) is 0 Å². The highest BCUT2D eigenvalue weighted by atomic mass is 16.5. The molecule has 0 spiro atoms. The Morgan fingerprint density at radius 3 is 1.39 bits per heavy atom. The van der Waals surface area contributed by atoms with Gasteiger partial charge in [0.25, 0.3) is 5.91 Å². The molecule has 12 heteroatoms. The van der Waals surface area contributed by atoms with Crippen molar-refractivity contribution in [3.63, 3.8) is 0 Å². The second kappa shape index (κ2) is 10.2. The van der Waals surface area contributed by atoms with Crippen LogP contribution in [0.1, 0.15) is 27.7 Å². The molecule has 0 aromatic heterocycles. The maximum atomic E-state index is 12.4. The zero-order chi connectivity index (χ0) is 22.2. The number of hydrogen-bond acceptors (Lipinski definition) is 10. The highest BCUT2D eigenvalue weighted by Crippen LogP contribution is 2.19. The predicted molar refractivity (Wildman–Crippen MR) is 97.2 cm³/mol. The molecule has 0 bridgehead atoms. The number of nitrogens with one attached hydrogen (secondary N) is 2. The first-order valence-electron chi connectivity index (χ1n) is 8.52. The lowest BCUT2D eigenvalue weighted by atomic mass is 9.99. The van der Waals surface area contributed by atoms with Crippen LogP contribution < -0.4 is 10.6 Å². The van der Waals surface area contributed by atoms with E-state index in [0.29, 0.717) is 0 Å². The number of azo groups is 1. The van der Waals surface area contributed by atoms with Crippen molar-refractivity contribution in [3.05, 3.63) is 0 Å². The van der Waals surface area contributed by atoms with Crippen molar-refractivity contribution in [1.82, 2.24) is 10.6 Å². The number of amides is 2. The number of hydrogen-bond donors (Lipinski definition) is 7. The summed E-state index contributed by atoms with van der Waals surface area (Å²) in [5.74, 6) is -1.48. The number of carbonyl (C=O) groups is 2. The van der Waals surface area contributed by atoms with Gasteiger partial charge in [0.15, 0.2) is 16.8 Å². The summed E-state index contributed by atoms with van der Waals surface area (Å²) in [6.45, 7) is 2.10. The Morgan fingerprint density at radius 1 is 0.750 bits per heavy atom. The fourth-order valence-corrected chi connectivity index (χ4v) is 1.67. The Morgan fingerprint density at radius 2 is 1.11 bits per heavy atom. The average Bonchev–Trinajstić information content (AvgIpc) is 2.68. The molecule has 164 valence electrons. The molecule has 0 aliphatic heterocycles. The third-order valence-corrected chi connectivity index (χ3v) is 4.19. The van der Waals surface area contributed by atoms with Gasteiger partial charge in [0, 0.05) is 7.11 Å². The monoisotopic (exact) mass is 408 g/mol. The van der Waals surface area contributed by atoms with Crippen LogP contribution in [0.4, 0.5) is 0 Å². The molecule has 0 saturated carbocycles. The molecule has 0 saturated heterocycles. The standard InChI is InChI=1S/C16H32N4O8/c1-13(2,11(26)17-15(6-21,7-22)8-23)19-20-14(3,4)12(27)18-16(9-24,10-25)28-5/h21-25H,6-10H2,1-5H3,(H,17,26)(H,18,27). The summed E-state index contributed by atoms with van der Waals surface area (Å²) in [6, 6.07) is 0. The predicted octanol–water partition coefficient (Wildman–Crippen LogP) is -2.73. The van der Waals surface area contributed by atoms with Crippen LogP contribution in [-0.4, -0.2) is 99.8 Å². The quantitative estimate of drug-likeness (QED) is 0.134. The zero-order valence-corrected chi connectivity index (χ0v) is 16.9. The Balaban J connectivity index is 5.39. The fourth-order valence-electron chi connectivity index (χ4n) is 1.67. The highest BCUT2D eigenvalue weighted by Gasteiger charge is 2.39. The van der Waals surface area contributed by atoms with E-state index in [-0.39, 0.29) is 0 Å². The maximum absolute atomic E-state index is 12.4. The number of nitrogens with zero attached hydrogens (tertiary/aromatic N) is 2. The van der Waals surface area contributed by atoms with Crippen molar-refractivity contribution in [2.45, 2.75) is 50.0 Å². The number of carbonyl (C=O) groups excluding carboxylic acids is 2. The lowest BCUT2D eigenvalue weighted by Gasteiger charge is -2.33. The molecule has 0 fully saturated rings. The number of ether oxygens (including phenoxy) is 1. The number of aliphatic hydroxyl groups excluding tert-OH is 5. The summed E-state index contributed by atoms with van der Waals surface area (Å²) in [5, 5.41) is 59.0. The smallest absolute Gasteiger partial charge is 0.251 e. The van der Waals surface area contributed by atoms with Crippen molar-refractivity contribution in [2.75, 3.05) is 40.1 Å². The third kappa shape index (κ3) is 6.43. The van der Waals surface area contributed by atoms with Gasteiger partial charge < -0.3 is 40.9 Å². The van der Waals surface area contributed by atoms with E-state index in [2.05, 4.69) is 20.9 Å². The van der Waals surface area contributed by atoms with Crippen LogP contribution in [0.3, 0.4) is 0 Å². The number of rotatable bonds is 12. The first-order valence-corrected chi connectivity index (χ1v) is 8.52. The Hall–Kier alpha value is -1.70. The van der Waals surface area contributed by atoms with Gasteiger partial charge in [0.1, 0.15) is 5.54 Å². The molecule has 0 heterocycles. The van der Waals surface area contributed by atoms with Crippen LogP contribution in [0.2, 0.25) is 0 Å². The van der Waals surface area contributed by atoms with Crippen LogP contribution in [0.25, 0.3) is 0 Å². The molecular weight excluding hydrogens is 376 g/mol. The summed E-state index contributed by atoms with van der Waals surface area (Å²) < 4.78 is 4.94. The van der Waals surface area contributed by atoms with Crippen LogP contribution in [0.5, 0.6) is 0 Å². The van der Waals surface area contributed by atoms with Crippen molar-refractivity contribution in [2.24, 2.45) is 10.2 Å². The second-order valence-electron chi connectivity index (χ2n) is 7.50. The topological polar surface area (TPSA) is 193 Å². The molecule has 0 aromatic rings. The highest BCUT2D eigenvalue weighted by molar-refractivity contribution is 5.87. The van der Waals surface area contributed by atoms with E-state index >= 15 is 0 Å². The molecule has 7 N–H and O–H groups in total. The van der Waals surface area contributed by atoms with Crippen LogP contribution in [-0.2, 0) is 14.3 Å². The lowest BCUT2D eigenvalue weighted by Crippen LogP contribution is -2.61. The Labute approximate surface area is 163 Å². The molecule has 0 radical (unpaired) electrons. The minimum absolute atomic E-state index is 0.682. The summed E-state index contributed by atoms with van der Waals surface area (Å²) >= 11 is 0. The first kappa shape index (κ1) is 26.3. The van der Waals surface area contributed by atoms with Gasteiger partial charge in [-0.1, -0.05) is 0 Å². The molecule has 2 amide bonds. The number of aliphatic hydroxyl groups is 5. The van der Waals surface area contributed by atoms with Crippen molar-refractivity contribution >= 4 is 11.8 Å². The van der Waals surface area contributed by atoms with Gasteiger partial charge in [-0.15, -0.1) is 0 Å². The van der Waals surface area contributed by atoms with Gasteiger partial charge >= 0.3 is 0 Å². The summed E-state index contributed by atoms with van der Waals surface area (Å²) in [7, 11) is 1.20. The van der Waals surface area contributed by atoms with E-state index < -0.39 is 67.2 Å². The molecule has 0 aliphatic carbocycles. The molecule has 0 atom stereocenters. The van der Waals surface area contributed by atoms with Gasteiger partial charge in [-0.05, 0) is 27.7 Å². The van der Waals surface area contributed by atoms with Gasteiger partial charge in [-0.3, -0.25) is 9.59 Å². The van der Waals surface area contributed by atoms with Crippen molar-refractivity contribution in [3.8, 4) is 0 Å². The van der Waals surface area contributed by atoms with Gasteiger partial charge in [-0.2, -0.15) is 10.2 Å². The first-order chi connectivity index (χ1) is 12.8. The van der Waals surface area contributed by atoms with E-state index in [1.807, 2.05) is 0 Å². The van der Waals surface area contributed by atoms with Crippen LogP contribution in [0.15, 0.2) is 10.2 Å². The van der Waals surface area contributed by atoms with E-state index in [1.54, 1.807) is 0 Å². The average molecular weight is 408 g/mol. The minimum atomic E-state index is -1.69. The lowest BCUT2D eigenvalue weighted by molar-refractivity contribution is -0.147. The number of methoxy groups -OCH3 is 1. The van der Waals surface area contributed by atoms with Crippen LogP contribution >= 0.6 is 0 Å². The van der Waals surface area contributed by atoms with E-state index in [0.717, 1.165) is 0 Å². The third-order valence-electron chi connectivity index (χ3n) is 4.19. The SMILES string of the molecule is COC(CO)(CO)NC(=O)C(C)(C)N=NC(C)(C)C(=O)NC(CO)(CO)CO. The second-order valence-corrected chi connectivity index (χ2v) is 7.50. The van der Waals surface area contributed by atoms with Gasteiger partial charge in [0.05, 0.1) is 33.0 Å². The summed E-state index contributed by atoms with van der Waals surface area (Å²) in [4.78, 5) is 24.9. The van der Waals surface area contributed by atoms with E-state index in [1.165, 1.54) is 34.8 Å². The van der Waals surface area contributed by atoms with Crippen molar-refractivity contribution < 1.29 is 39.9 Å². The molecule has 0 unspecified atom stereocenters. The summed E-state index contributed by atoms with van der Waals surface area (Å²) in [6.07, 6.45) is 0. The molecule has 0 aromatic carbocycles. The Bertz CT molecular complexity index is 492. The van der Waals surface area contributed by atoms with E-state index in [9.17, 15) is 35.1 Å². The van der Waals surface area contributed by atoms with Gasteiger partial charge in [0.2, 0.25) is 5.91 Å². The largest absolute Gasteiger partial charge is 0.394 e. The van der Waals surface area contributed by atoms with Crippen molar-refractivity contribution in [1.29, 1.82) is 0 Å². The Kier molecular flexibility index (Phi) is 9.57. The summed E-state index contributed by atoms with van der Waals surface area (Å²) in [5.41, 5.74) is -6.32. The molecule has 12 nitrogen and oxygen atoms in total. The molecule has 28 heavy (non-hydrogen) atoms. The minimum Gasteiger partial charge on any atom is -0.394 e. The normalized spacial score (nSPS) is 13.6. The maximum Gasteiger partial charge on any atom is 0.251 e. The molecule has 0 aliphatic rings. The zero-order valence-electron chi connectivity index (χ0n) is 16.9. The van der Waals surface area contributed by atoms with E-state index in [4.69, 9.17) is 4.74 Å². The van der Waals surface area contributed by atoms with Gasteiger partial charge in [-0.25, -0.2) is 0 Å². The molecule has 0 rings (SSSR count).